The van der Waals surface area contributed by atoms with Crippen molar-refractivity contribution >= 4 is 21.1 Å². The third-order valence-electron chi connectivity index (χ3n) is 5.66. The SMILES string of the molecule is CCCCCCCCCCCCCCCCCCP(=O)(O)OCCC[AsH](C)(C)C. The number of hydrogen-bond donors (Lipinski definition) is 1. The van der Waals surface area contributed by atoms with Crippen LogP contribution in [0.25, 0.3) is 0 Å². The van der Waals surface area contributed by atoms with E-state index in [9.17, 15) is 9.46 Å². The summed E-state index contributed by atoms with van der Waals surface area (Å²) in [5, 5.41) is 1.21. The Bertz CT molecular complexity index is 396. The first kappa shape index (κ1) is 29.7. The Labute approximate surface area is 186 Å². The van der Waals surface area contributed by atoms with Crippen molar-refractivity contribution in [1.29, 1.82) is 0 Å². The molecule has 5 heteroatoms. The maximum absolute atomic E-state index is 12.0. The second-order valence-electron chi connectivity index (χ2n) is 10.2. The summed E-state index contributed by atoms with van der Waals surface area (Å²) in [6.07, 6.45) is 22.4. The summed E-state index contributed by atoms with van der Waals surface area (Å²) in [7, 11) is -3.34. The molecule has 0 aromatic carbocycles. The third kappa shape index (κ3) is 24.8. The maximum atomic E-state index is 12.0. The molecule has 0 spiro atoms. The first-order chi connectivity index (χ1) is 13.8. The van der Waals surface area contributed by atoms with Crippen LogP contribution in [0.5, 0.6) is 0 Å². The summed E-state index contributed by atoms with van der Waals surface area (Å²) in [6, 6.07) is 0. The Morgan fingerprint density at radius 3 is 1.41 bits per heavy atom. The molecule has 0 fully saturated rings. The fourth-order valence-electron chi connectivity index (χ4n) is 3.73. The van der Waals surface area contributed by atoms with E-state index in [0.717, 1.165) is 19.3 Å². The Morgan fingerprint density at radius 1 is 0.655 bits per heavy atom. The second kappa shape index (κ2) is 19.4. The van der Waals surface area contributed by atoms with Crippen LogP contribution in [-0.2, 0) is 9.09 Å². The van der Waals surface area contributed by atoms with Crippen molar-refractivity contribution in [2.24, 2.45) is 0 Å². The van der Waals surface area contributed by atoms with E-state index in [1.54, 1.807) is 0 Å². The molecular formula is C24H54AsO3P. The summed E-state index contributed by atoms with van der Waals surface area (Å²) in [6.45, 7) is 2.73. The molecule has 1 atom stereocenters. The monoisotopic (exact) mass is 496 g/mol. The number of rotatable bonds is 22. The third-order valence-corrected chi connectivity index (χ3v) is 11.0. The molecule has 0 aromatic heterocycles. The molecule has 0 rings (SSSR count). The van der Waals surface area contributed by atoms with Gasteiger partial charge >= 0.3 is 115 Å². The van der Waals surface area contributed by atoms with Gasteiger partial charge in [-0.3, -0.25) is 0 Å². The Hall–Kier alpha value is 0.708. The van der Waals surface area contributed by atoms with Crippen molar-refractivity contribution in [2.45, 2.75) is 138 Å². The molecule has 178 valence electrons. The fraction of sp³-hybridized carbons (Fsp3) is 1.00. The molecule has 0 aromatic rings. The van der Waals surface area contributed by atoms with Gasteiger partial charge in [0.15, 0.2) is 0 Å². The predicted molar refractivity (Wildman–Crippen MR) is 134 cm³/mol. The van der Waals surface area contributed by atoms with Crippen LogP contribution in [0.2, 0.25) is 22.3 Å². The summed E-state index contributed by atoms with van der Waals surface area (Å²) in [5.74, 6) is 0. The van der Waals surface area contributed by atoms with Crippen LogP contribution < -0.4 is 0 Å². The van der Waals surface area contributed by atoms with Gasteiger partial charge in [0, 0.05) is 0 Å². The first-order valence-electron chi connectivity index (χ1n) is 12.7. The van der Waals surface area contributed by atoms with Gasteiger partial charge in [-0.1, -0.05) is 71.1 Å². The van der Waals surface area contributed by atoms with E-state index in [1.165, 1.54) is 95.1 Å². The molecule has 3 nitrogen and oxygen atoms in total. The predicted octanol–water partition coefficient (Wildman–Crippen LogP) is 8.91. The molecule has 0 aliphatic carbocycles. The second-order valence-corrected chi connectivity index (χ2v) is 23.9. The zero-order valence-electron chi connectivity index (χ0n) is 20.4. The van der Waals surface area contributed by atoms with Crippen molar-refractivity contribution in [3.63, 3.8) is 0 Å². The molecule has 0 aliphatic heterocycles. The van der Waals surface area contributed by atoms with Crippen LogP contribution in [0.15, 0.2) is 0 Å². The van der Waals surface area contributed by atoms with Gasteiger partial charge < -0.3 is 0 Å². The van der Waals surface area contributed by atoms with Crippen LogP contribution in [-0.4, -0.2) is 31.2 Å². The molecule has 0 amide bonds. The van der Waals surface area contributed by atoms with E-state index in [4.69, 9.17) is 4.52 Å². The van der Waals surface area contributed by atoms with Crippen LogP contribution in [0, 0.1) is 0 Å². The van der Waals surface area contributed by atoms with Crippen molar-refractivity contribution in [1.82, 2.24) is 0 Å². The zero-order chi connectivity index (χ0) is 21.8. The molecule has 29 heavy (non-hydrogen) atoms. The summed E-state index contributed by atoms with van der Waals surface area (Å²) in [4.78, 5) is 9.91. The fourth-order valence-corrected chi connectivity index (χ4v) is 7.43. The number of hydrogen-bond acceptors (Lipinski definition) is 2. The minimum atomic E-state index is -3.34. The van der Waals surface area contributed by atoms with Crippen molar-refractivity contribution in [2.75, 3.05) is 12.8 Å². The average Bonchev–Trinajstić information content (AvgIpc) is 2.64. The average molecular weight is 497 g/mol. The van der Waals surface area contributed by atoms with E-state index in [-0.39, 0.29) is 0 Å². The molecule has 0 bridgehead atoms. The summed E-state index contributed by atoms with van der Waals surface area (Å²) >= 11 is -1.54. The summed E-state index contributed by atoms with van der Waals surface area (Å²) < 4.78 is 17.3. The molecule has 0 heterocycles. The molecule has 1 unspecified atom stereocenters. The minimum absolute atomic E-state index is 0.336. The molecule has 0 saturated carbocycles. The molecule has 0 saturated heterocycles. The Kier molecular flexibility index (Phi) is 19.9. The van der Waals surface area contributed by atoms with Gasteiger partial charge in [-0.25, -0.2) is 0 Å². The van der Waals surface area contributed by atoms with Crippen molar-refractivity contribution in [3.05, 3.63) is 0 Å². The standard InChI is InChI=1S/C24H54AsO3P/c1-5-6-7-8-9-10-11-12-13-14-15-16-17-18-19-20-24-29(26,27)28-23-21-22-25(2,3)4/h25H,5-24H2,1-4H3,(H,26,27). The molecule has 1 N–H and O–H groups in total. The van der Waals surface area contributed by atoms with Gasteiger partial charge in [-0.05, 0) is 0 Å². The first-order valence-corrected chi connectivity index (χ1v) is 22.3. The van der Waals surface area contributed by atoms with Gasteiger partial charge in [-0.15, -0.1) is 0 Å². The van der Waals surface area contributed by atoms with E-state index in [2.05, 4.69) is 24.1 Å². The van der Waals surface area contributed by atoms with Gasteiger partial charge in [0.1, 0.15) is 0 Å². The van der Waals surface area contributed by atoms with Gasteiger partial charge in [0.25, 0.3) is 0 Å². The van der Waals surface area contributed by atoms with E-state index in [0.29, 0.717) is 12.8 Å². The van der Waals surface area contributed by atoms with Gasteiger partial charge in [-0.2, -0.15) is 0 Å². The Morgan fingerprint density at radius 2 is 1.03 bits per heavy atom. The van der Waals surface area contributed by atoms with E-state index >= 15 is 0 Å². The molecule has 0 aliphatic rings. The quantitative estimate of drug-likeness (QED) is 0.0925. The van der Waals surface area contributed by atoms with Crippen molar-refractivity contribution in [3.8, 4) is 0 Å². The van der Waals surface area contributed by atoms with E-state index < -0.39 is 21.1 Å². The Balaban J connectivity index is 3.30. The van der Waals surface area contributed by atoms with Crippen LogP contribution >= 0.6 is 7.60 Å². The van der Waals surface area contributed by atoms with Crippen LogP contribution in [0.3, 0.4) is 0 Å². The van der Waals surface area contributed by atoms with Crippen LogP contribution in [0.1, 0.15) is 116 Å². The zero-order valence-corrected chi connectivity index (χ0v) is 23.3. The van der Waals surface area contributed by atoms with Crippen LogP contribution in [0.4, 0.5) is 0 Å². The van der Waals surface area contributed by atoms with Gasteiger partial charge in [0.05, 0.1) is 0 Å². The topological polar surface area (TPSA) is 46.5 Å². The molecule has 0 radical (unpaired) electrons. The van der Waals surface area contributed by atoms with Crippen molar-refractivity contribution < 1.29 is 14.0 Å². The molecular weight excluding hydrogens is 442 g/mol. The number of unbranched alkanes of at least 4 members (excludes halogenated alkanes) is 15. The van der Waals surface area contributed by atoms with Gasteiger partial charge in [0.2, 0.25) is 0 Å². The normalized spacial score (nSPS) is 14.8. The van der Waals surface area contributed by atoms with E-state index in [1.807, 2.05) is 0 Å². The summed E-state index contributed by atoms with van der Waals surface area (Å²) in [5.41, 5.74) is 7.11.